The minimum absolute atomic E-state index is 0.0413. The molecule has 0 bridgehead atoms. The van der Waals surface area contributed by atoms with Gasteiger partial charge in [-0.2, -0.15) is 0 Å². The molecule has 0 radical (unpaired) electrons. The summed E-state index contributed by atoms with van der Waals surface area (Å²) in [4.78, 5) is 24.8. The van der Waals surface area contributed by atoms with Crippen LogP contribution in [-0.2, 0) is 14.8 Å². The third-order valence-corrected chi connectivity index (χ3v) is 7.13. The number of fused-ring (bicyclic) bond motifs is 1. The molecule has 7 nitrogen and oxygen atoms in total. The van der Waals surface area contributed by atoms with Crippen LogP contribution in [-0.4, -0.2) is 31.1 Å². The number of nitrogens with zero attached hydrogens (tertiary/aromatic N) is 1. The fourth-order valence-electron chi connectivity index (χ4n) is 3.01. The highest BCUT2D eigenvalue weighted by Gasteiger charge is 2.43. The largest absolute Gasteiger partial charge is 0.457 e. The zero-order valence-electron chi connectivity index (χ0n) is 15.4. The summed E-state index contributed by atoms with van der Waals surface area (Å²) in [5.74, 6) is -0.102. The molecule has 0 saturated heterocycles. The summed E-state index contributed by atoms with van der Waals surface area (Å²) < 4.78 is 31.9. The van der Waals surface area contributed by atoms with E-state index in [9.17, 15) is 18.0 Å². The van der Waals surface area contributed by atoms with Crippen molar-refractivity contribution < 1.29 is 22.7 Å². The number of sulfonamides is 1. The van der Waals surface area contributed by atoms with Crippen molar-refractivity contribution in [1.82, 2.24) is 4.31 Å². The Balaban J connectivity index is 1.44. The number of rotatable bonds is 5. The number of hydrogen-bond donors (Lipinski definition) is 1. The predicted molar refractivity (Wildman–Crippen MR) is 114 cm³/mol. The SMILES string of the molecule is O=C(CN1C(=O)c2cccc(Br)c2S1(=O)=O)Nc1ccc(Oc2ccccc2)cc1. The lowest BCUT2D eigenvalue weighted by Crippen LogP contribution is -2.37. The number of halogens is 1. The maximum absolute atomic E-state index is 12.7. The zero-order valence-corrected chi connectivity index (χ0v) is 17.8. The number of amides is 2. The normalized spacial score (nSPS) is 14.3. The highest BCUT2D eigenvalue weighted by Crippen LogP contribution is 2.35. The lowest BCUT2D eigenvalue weighted by atomic mass is 10.2. The van der Waals surface area contributed by atoms with Crippen LogP contribution in [0.15, 0.2) is 82.2 Å². The van der Waals surface area contributed by atoms with Crippen LogP contribution >= 0.6 is 15.9 Å². The number of hydrogen-bond acceptors (Lipinski definition) is 5. The van der Waals surface area contributed by atoms with E-state index >= 15 is 0 Å². The van der Waals surface area contributed by atoms with Gasteiger partial charge in [-0.1, -0.05) is 24.3 Å². The molecule has 30 heavy (non-hydrogen) atoms. The molecule has 1 N–H and O–H groups in total. The molecule has 3 aromatic carbocycles. The standard InChI is InChI=1S/C21H15BrN2O5S/c22-18-8-4-7-17-20(18)30(27,28)24(21(17)26)13-19(25)23-14-9-11-16(12-10-14)29-15-5-2-1-3-6-15/h1-12H,13H2,(H,23,25). The monoisotopic (exact) mass is 486 g/mol. The van der Waals surface area contributed by atoms with Crippen molar-refractivity contribution in [1.29, 1.82) is 0 Å². The van der Waals surface area contributed by atoms with Crippen LogP contribution in [0.4, 0.5) is 5.69 Å². The Morgan fingerprint density at radius 3 is 2.27 bits per heavy atom. The number of carbonyl (C=O) groups excluding carboxylic acids is 2. The van der Waals surface area contributed by atoms with Gasteiger partial charge in [0.1, 0.15) is 22.9 Å². The maximum atomic E-state index is 12.7. The second kappa shape index (κ2) is 7.92. The Morgan fingerprint density at radius 1 is 0.933 bits per heavy atom. The van der Waals surface area contributed by atoms with Gasteiger partial charge in [-0.25, -0.2) is 12.7 Å². The molecular formula is C21H15BrN2O5S. The third kappa shape index (κ3) is 3.81. The van der Waals surface area contributed by atoms with Gasteiger partial charge in [0.2, 0.25) is 5.91 Å². The van der Waals surface area contributed by atoms with E-state index in [1.807, 2.05) is 30.3 Å². The summed E-state index contributed by atoms with van der Waals surface area (Å²) in [6, 6.07) is 20.4. The molecule has 3 aromatic rings. The van der Waals surface area contributed by atoms with Crippen LogP contribution in [0.2, 0.25) is 0 Å². The first kappa shape index (κ1) is 20.1. The van der Waals surface area contributed by atoms with Gasteiger partial charge in [-0.3, -0.25) is 9.59 Å². The minimum Gasteiger partial charge on any atom is -0.457 e. The van der Waals surface area contributed by atoms with Gasteiger partial charge in [0.05, 0.1) is 5.56 Å². The van der Waals surface area contributed by atoms with Crippen molar-refractivity contribution in [3.63, 3.8) is 0 Å². The number of nitrogens with one attached hydrogen (secondary N) is 1. The first-order chi connectivity index (χ1) is 14.4. The van der Waals surface area contributed by atoms with Crippen LogP contribution < -0.4 is 10.1 Å². The van der Waals surface area contributed by atoms with E-state index in [1.165, 1.54) is 12.1 Å². The van der Waals surface area contributed by atoms with Crippen LogP contribution in [0.25, 0.3) is 0 Å². The Bertz CT molecular complexity index is 1230. The molecule has 0 unspecified atom stereocenters. The van der Waals surface area contributed by atoms with E-state index in [-0.39, 0.29) is 14.9 Å². The molecule has 1 aliphatic rings. The van der Waals surface area contributed by atoms with E-state index in [0.29, 0.717) is 21.5 Å². The first-order valence-electron chi connectivity index (χ1n) is 8.84. The molecule has 2 amide bonds. The first-order valence-corrected chi connectivity index (χ1v) is 11.1. The lowest BCUT2D eigenvalue weighted by molar-refractivity contribution is -0.116. The average Bonchev–Trinajstić information content (AvgIpc) is 2.92. The van der Waals surface area contributed by atoms with Crippen molar-refractivity contribution in [2.24, 2.45) is 0 Å². The molecule has 0 aliphatic carbocycles. The smallest absolute Gasteiger partial charge is 0.269 e. The summed E-state index contributed by atoms with van der Waals surface area (Å²) >= 11 is 3.16. The second-order valence-corrected chi connectivity index (χ2v) is 9.07. The van der Waals surface area contributed by atoms with Gasteiger partial charge in [0.25, 0.3) is 15.9 Å². The molecule has 0 aromatic heterocycles. The van der Waals surface area contributed by atoms with E-state index < -0.39 is 28.4 Å². The summed E-state index contributed by atoms with van der Waals surface area (Å²) in [5, 5.41) is 2.60. The quantitative estimate of drug-likeness (QED) is 0.587. The van der Waals surface area contributed by atoms with Gasteiger partial charge in [0, 0.05) is 10.2 Å². The third-order valence-electron chi connectivity index (χ3n) is 4.38. The molecular weight excluding hydrogens is 472 g/mol. The molecule has 0 saturated carbocycles. The molecule has 0 spiro atoms. The Morgan fingerprint density at radius 2 is 1.60 bits per heavy atom. The van der Waals surface area contributed by atoms with E-state index in [2.05, 4.69) is 21.2 Å². The van der Waals surface area contributed by atoms with Crippen LogP contribution in [0.3, 0.4) is 0 Å². The molecule has 4 rings (SSSR count). The van der Waals surface area contributed by atoms with Crippen molar-refractivity contribution in [2.75, 3.05) is 11.9 Å². The van der Waals surface area contributed by atoms with Gasteiger partial charge in [-0.05, 0) is 64.5 Å². The van der Waals surface area contributed by atoms with Crippen molar-refractivity contribution in [3.05, 3.63) is 82.8 Å². The number of benzene rings is 3. The van der Waals surface area contributed by atoms with Crippen molar-refractivity contribution in [2.45, 2.75) is 4.90 Å². The predicted octanol–water partition coefficient (Wildman–Crippen LogP) is 4.02. The highest BCUT2D eigenvalue weighted by atomic mass is 79.9. The van der Waals surface area contributed by atoms with Crippen molar-refractivity contribution in [3.8, 4) is 11.5 Å². The fourth-order valence-corrected chi connectivity index (χ4v) is 5.56. The Labute approximate surface area is 181 Å². The molecule has 0 atom stereocenters. The van der Waals surface area contributed by atoms with E-state index in [0.717, 1.165) is 0 Å². The highest BCUT2D eigenvalue weighted by molar-refractivity contribution is 9.10. The van der Waals surface area contributed by atoms with E-state index in [1.54, 1.807) is 30.3 Å². The number of carbonyl (C=O) groups is 2. The van der Waals surface area contributed by atoms with Crippen LogP contribution in [0.5, 0.6) is 11.5 Å². The molecule has 9 heteroatoms. The number of para-hydroxylation sites is 1. The van der Waals surface area contributed by atoms with Crippen LogP contribution in [0.1, 0.15) is 10.4 Å². The average molecular weight is 487 g/mol. The zero-order chi connectivity index (χ0) is 21.3. The summed E-state index contributed by atoms with van der Waals surface area (Å²) in [7, 11) is -4.10. The number of anilines is 1. The Hall–Kier alpha value is -3.17. The number of ether oxygens (including phenoxy) is 1. The van der Waals surface area contributed by atoms with Gasteiger partial charge >= 0.3 is 0 Å². The topological polar surface area (TPSA) is 92.8 Å². The summed E-state index contributed by atoms with van der Waals surface area (Å²) in [5.41, 5.74) is 0.489. The van der Waals surface area contributed by atoms with Crippen molar-refractivity contribution >= 4 is 43.5 Å². The van der Waals surface area contributed by atoms with E-state index in [4.69, 9.17) is 4.74 Å². The van der Waals surface area contributed by atoms with Crippen LogP contribution in [0, 0.1) is 0 Å². The molecule has 152 valence electrons. The fraction of sp³-hybridized carbons (Fsp3) is 0.0476. The lowest BCUT2D eigenvalue weighted by Gasteiger charge is -2.15. The van der Waals surface area contributed by atoms with Gasteiger partial charge in [0.15, 0.2) is 0 Å². The summed E-state index contributed by atoms with van der Waals surface area (Å²) in [6.45, 7) is -0.620. The second-order valence-electron chi connectivity index (χ2n) is 6.42. The Kier molecular flexibility index (Phi) is 5.31. The molecule has 0 fully saturated rings. The molecule has 1 aliphatic heterocycles. The minimum atomic E-state index is -4.10. The van der Waals surface area contributed by atoms with Gasteiger partial charge < -0.3 is 10.1 Å². The maximum Gasteiger partial charge on any atom is 0.269 e. The van der Waals surface area contributed by atoms with Gasteiger partial charge in [-0.15, -0.1) is 0 Å². The molecule has 1 heterocycles. The summed E-state index contributed by atoms with van der Waals surface area (Å²) in [6.07, 6.45) is 0.